The van der Waals surface area contributed by atoms with Crippen LogP contribution in [0, 0.1) is 6.92 Å². The Morgan fingerprint density at radius 1 is 0.510 bits per heavy atom. The normalized spacial score (nSPS) is 11.9. The first-order valence-corrected chi connectivity index (χ1v) is 17.1. The molecule has 0 radical (unpaired) electrons. The molecule has 4 heteroatoms. The van der Waals surface area contributed by atoms with Crippen molar-refractivity contribution < 1.29 is 4.74 Å². The van der Waals surface area contributed by atoms with Gasteiger partial charge in [-0.25, -0.2) is 0 Å². The highest BCUT2D eigenvalue weighted by Crippen LogP contribution is 2.47. The number of nitrogens with zero attached hydrogens (tertiary/aromatic N) is 3. The van der Waals surface area contributed by atoms with Gasteiger partial charge in [-0.05, 0) is 92.7 Å². The summed E-state index contributed by atoms with van der Waals surface area (Å²) in [6, 6.07) is 65.0. The number of benzene rings is 7. The molecular weight excluding hydrogens is 623 g/mol. The van der Waals surface area contributed by atoms with Crippen LogP contribution in [0.4, 0.5) is 22.7 Å². The average molecular weight is 656 g/mol. The number of aromatic nitrogens is 1. The molecule has 0 atom stereocenters. The fourth-order valence-corrected chi connectivity index (χ4v) is 6.94. The molecule has 51 heavy (non-hydrogen) atoms. The van der Waals surface area contributed by atoms with Crippen molar-refractivity contribution in [2.45, 2.75) is 6.92 Å². The van der Waals surface area contributed by atoms with Crippen molar-refractivity contribution in [2.75, 3.05) is 0 Å². The highest BCUT2D eigenvalue weighted by molar-refractivity contribution is 6.06. The highest BCUT2D eigenvalue weighted by atomic mass is 16.5. The molecule has 7 aromatic carbocycles. The standard InChI is InChI=1S/C47H33N3O/c1-33-27-28-48-44(29-33)37-18-10-20-39(30-37)51-40-21-11-19-38(31-40)49-32-50(47-43-22-9-8-17-36(43)25-26-45(47)49)46-41(34-13-4-2-5-14-34)23-12-24-42(46)35-15-6-3-7-16-35/h2-31H,1H3/q+2. The van der Waals surface area contributed by atoms with E-state index in [1.54, 1.807) is 0 Å². The van der Waals surface area contributed by atoms with Gasteiger partial charge in [-0.15, -0.1) is 0 Å². The second-order valence-electron chi connectivity index (χ2n) is 12.7. The van der Waals surface area contributed by atoms with Crippen molar-refractivity contribution in [3.8, 4) is 45.0 Å². The number of hydrogen-bond acceptors (Lipinski definition) is 2. The molecule has 2 heterocycles. The largest absolute Gasteiger partial charge is 0.503 e. The number of ether oxygens (including phenoxy) is 1. The summed E-state index contributed by atoms with van der Waals surface area (Å²) >= 11 is 0. The van der Waals surface area contributed by atoms with E-state index in [4.69, 9.17) is 4.74 Å². The number of aryl methyl sites for hydroxylation is 1. The van der Waals surface area contributed by atoms with Crippen molar-refractivity contribution in [3.63, 3.8) is 0 Å². The summed E-state index contributed by atoms with van der Waals surface area (Å²) in [4.78, 5) is 4.58. The second kappa shape index (κ2) is 12.9. The van der Waals surface area contributed by atoms with Crippen LogP contribution < -0.4 is 13.9 Å². The van der Waals surface area contributed by atoms with Crippen molar-refractivity contribution >= 4 is 39.5 Å². The smallest absolute Gasteiger partial charge is 0.457 e. The first-order valence-electron chi connectivity index (χ1n) is 17.1. The zero-order valence-corrected chi connectivity index (χ0v) is 28.1. The lowest BCUT2D eigenvalue weighted by atomic mass is 9.95. The van der Waals surface area contributed by atoms with Crippen LogP contribution >= 0.6 is 0 Å². The maximum absolute atomic E-state index is 6.50. The summed E-state index contributed by atoms with van der Waals surface area (Å²) in [5.74, 6) is 1.48. The Morgan fingerprint density at radius 3 is 1.90 bits per heavy atom. The van der Waals surface area contributed by atoms with Crippen LogP contribution in [0.25, 0.3) is 44.3 Å². The molecule has 0 saturated carbocycles. The Hall–Kier alpha value is -6.87. The van der Waals surface area contributed by atoms with Crippen LogP contribution in [-0.4, -0.2) is 11.0 Å². The SMILES string of the molecule is Cc1ccnc(-c2cccc(Oc3cccc([N+]4=C=[N+](c5c(-c6ccccc6)cccc5-c5ccccc5)c5c4ccc4ccccc54)c3)c2)c1. The van der Waals surface area contributed by atoms with Crippen LogP contribution in [0.2, 0.25) is 0 Å². The van der Waals surface area contributed by atoms with Gasteiger partial charge in [0.05, 0.1) is 28.3 Å². The minimum absolute atomic E-state index is 0.735. The number of para-hydroxylation sites is 1. The van der Waals surface area contributed by atoms with Gasteiger partial charge >= 0.3 is 11.7 Å². The van der Waals surface area contributed by atoms with Gasteiger partial charge in [-0.2, -0.15) is 0 Å². The molecule has 240 valence electrons. The van der Waals surface area contributed by atoms with Crippen molar-refractivity contribution in [1.82, 2.24) is 14.1 Å². The average Bonchev–Trinajstić information content (AvgIpc) is 3.59. The molecule has 8 aromatic rings. The molecule has 0 saturated heterocycles. The van der Waals surface area contributed by atoms with Gasteiger partial charge in [-0.1, -0.05) is 103 Å². The summed E-state index contributed by atoms with van der Waals surface area (Å²) in [6.07, 6.45) is 1.84. The van der Waals surface area contributed by atoms with Gasteiger partial charge in [0.1, 0.15) is 11.5 Å². The summed E-state index contributed by atoms with van der Waals surface area (Å²) in [7, 11) is 0. The van der Waals surface area contributed by atoms with Crippen molar-refractivity contribution in [1.29, 1.82) is 0 Å². The molecule has 0 bridgehead atoms. The summed E-state index contributed by atoms with van der Waals surface area (Å²) in [5.41, 5.74) is 11.8. The molecule has 1 aliphatic heterocycles. The quantitative estimate of drug-likeness (QED) is 0.160. The fraction of sp³-hybridized carbons (Fsp3) is 0.0213. The zero-order valence-electron chi connectivity index (χ0n) is 28.1. The molecule has 4 nitrogen and oxygen atoms in total. The summed E-state index contributed by atoms with van der Waals surface area (Å²) in [6.45, 7) is 2.08. The van der Waals surface area contributed by atoms with E-state index in [-0.39, 0.29) is 0 Å². The predicted octanol–water partition coefficient (Wildman–Crippen LogP) is 12.2. The van der Waals surface area contributed by atoms with Gasteiger partial charge < -0.3 is 4.74 Å². The highest BCUT2D eigenvalue weighted by Gasteiger charge is 2.41. The van der Waals surface area contributed by atoms with Crippen LogP contribution in [-0.2, 0) is 0 Å². The number of pyridine rings is 1. The molecule has 1 aliphatic rings. The molecule has 0 amide bonds. The lowest BCUT2D eigenvalue weighted by Gasteiger charge is -2.11. The van der Waals surface area contributed by atoms with Crippen LogP contribution in [0.1, 0.15) is 5.56 Å². The second-order valence-corrected chi connectivity index (χ2v) is 12.7. The molecule has 9 rings (SSSR count). The maximum atomic E-state index is 6.50. The van der Waals surface area contributed by atoms with Gasteiger partial charge in [0, 0.05) is 23.9 Å². The molecule has 0 unspecified atom stereocenters. The molecule has 1 aromatic heterocycles. The Kier molecular flexibility index (Phi) is 7.62. The zero-order chi connectivity index (χ0) is 34.1. The molecule has 0 N–H and O–H groups in total. The number of rotatable bonds is 7. The molecular formula is C47H33N3O+2. The van der Waals surface area contributed by atoms with Crippen LogP contribution in [0.3, 0.4) is 0 Å². The van der Waals surface area contributed by atoms with E-state index in [2.05, 4.69) is 167 Å². The lowest BCUT2D eigenvalue weighted by molar-refractivity contribution is 0.483. The summed E-state index contributed by atoms with van der Waals surface area (Å²) in [5, 5.41) is 2.32. The van der Waals surface area contributed by atoms with Crippen LogP contribution in [0.5, 0.6) is 11.5 Å². The Balaban J connectivity index is 1.23. The number of hydrogen-bond donors (Lipinski definition) is 0. The Morgan fingerprint density at radius 2 is 1.16 bits per heavy atom. The lowest BCUT2D eigenvalue weighted by Crippen LogP contribution is -2.05. The first kappa shape index (κ1) is 30.2. The predicted molar refractivity (Wildman–Crippen MR) is 210 cm³/mol. The van der Waals surface area contributed by atoms with Gasteiger partial charge in [0.2, 0.25) is 11.4 Å². The van der Waals surface area contributed by atoms with Gasteiger partial charge in [0.15, 0.2) is 0 Å². The third-order valence-electron chi connectivity index (χ3n) is 9.33. The summed E-state index contributed by atoms with van der Waals surface area (Å²) < 4.78 is 10.9. The fourth-order valence-electron chi connectivity index (χ4n) is 6.94. The Bertz CT molecular complexity index is 2600. The topological polar surface area (TPSA) is 28.1 Å². The van der Waals surface area contributed by atoms with E-state index < -0.39 is 0 Å². The molecule has 0 spiro atoms. The molecule has 0 fully saturated rings. The maximum Gasteiger partial charge on any atom is 0.503 e. The van der Waals surface area contributed by atoms with E-state index in [1.807, 2.05) is 42.6 Å². The van der Waals surface area contributed by atoms with E-state index >= 15 is 0 Å². The minimum atomic E-state index is 0.735. The van der Waals surface area contributed by atoms with Crippen LogP contribution in [0.15, 0.2) is 182 Å². The number of fused-ring (bicyclic) bond motifs is 3. The third-order valence-corrected chi connectivity index (χ3v) is 9.33. The monoisotopic (exact) mass is 655 g/mol. The molecule has 0 aliphatic carbocycles. The van der Waals surface area contributed by atoms with Gasteiger partial charge in [-0.3, -0.25) is 4.98 Å². The van der Waals surface area contributed by atoms with E-state index in [0.29, 0.717) is 0 Å². The van der Waals surface area contributed by atoms with E-state index in [9.17, 15) is 0 Å². The Labute approximate surface area is 297 Å². The van der Waals surface area contributed by atoms with E-state index in [0.717, 1.165) is 73.1 Å². The third kappa shape index (κ3) is 5.70. The van der Waals surface area contributed by atoms with Crippen molar-refractivity contribution in [3.05, 3.63) is 188 Å². The first-order chi connectivity index (χ1) is 25.2. The van der Waals surface area contributed by atoms with Crippen molar-refractivity contribution in [2.24, 2.45) is 0 Å². The minimum Gasteiger partial charge on any atom is -0.457 e. The van der Waals surface area contributed by atoms with Gasteiger partial charge in [0.25, 0.3) is 5.69 Å². The van der Waals surface area contributed by atoms with E-state index in [1.165, 1.54) is 10.9 Å².